The largest absolute Gasteiger partial charge is 0.465 e. The topological polar surface area (TPSA) is 153 Å². The first kappa shape index (κ1) is 32.7. The molecule has 3 N–H and O–H groups in total. The second kappa shape index (κ2) is 13.6. The Balaban J connectivity index is 0.000000245. The minimum absolute atomic E-state index is 0.134. The molecule has 16 heteroatoms. The number of ether oxygens (including phenoxy) is 1. The number of hydrogen-bond acceptors (Lipinski definition) is 10. The molecule has 0 aliphatic rings. The van der Waals surface area contributed by atoms with Gasteiger partial charge in [0.05, 0.1) is 44.4 Å². The van der Waals surface area contributed by atoms with Crippen LogP contribution in [0.2, 0.25) is 0 Å². The van der Waals surface area contributed by atoms with Crippen molar-refractivity contribution in [3.63, 3.8) is 0 Å². The third-order valence-corrected chi connectivity index (χ3v) is 7.40. The highest BCUT2D eigenvalue weighted by Gasteiger charge is 2.30. The number of nitrogens with one attached hydrogen (secondary N) is 3. The first-order valence-corrected chi connectivity index (χ1v) is 14.3. The molecule has 0 saturated carbocycles. The molecule has 12 nitrogen and oxygen atoms in total. The van der Waals surface area contributed by atoms with E-state index in [0.717, 1.165) is 29.0 Å². The number of alkyl halides is 3. The lowest BCUT2D eigenvalue weighted by molar-refractivity contribution is -0.384. The number of aromatic nitrogens is 3. The molecule has 0 saturated heterocycles. The number of rotatable bonds is 8. The minimum Gasteiger partial charge on any atom is -0.465 e. The summed E-state index contributed by atoms with van der Waals surface area (Å²) in [6.45, 7) is 4.96. The van der Waals surface area contributed by atoms with Crippen molar-refractivity contribution < 1.29 is 32.4 Å². The number of thiazole rings is 1. The zero-order valence-electron chi connectivity index (χ0n) is 24.5. The van der Waals surface area contributed by atoms with Gasteiger partial charge in [-0.3, -0.25) is 14.9 Å². The van der Waals surface area contributed by atoms with Crippen molar-refractivity contribution in [1.29, 1.82) is 0 Å². The van der Waals surface area contributed by atoms with Crippen molar-refractivity contribution in [3.05, 3.63) is 81.4 Å². The van der Waals surface area contributed by atoms with Gasteiger partial charge in [0.1, 0.15) is 5.69 Å². The van der Waals surface area contributed by atoms with Crippen LogP contribution in [-0.2, 0) is 17.5 Å². The smallest absolute Gasteiger partial charge is 0.416 e. The second-order valence-electron chi connectivity index (χ2n) is 9.30. The zero-order chi connectivity index (χ0) is 32.9. The van der Waals surface area contributed by atoms with Gasteiger partial charge in [0.2, 0.25) is 5.95 Å². The van der Waals surface area contributed by atoms with Crippen molar-refractivity contribution in [2.75, 3.05) is 31.3 Å². The molecule has 0 unspecified atom stereocenters. The molecule has 2 heterocycles. The first-order valence-electron chi connectivity index (χ1n) is 13.5. The zero-order valence-corrected chi connectivity index (χ0v) is 25.3. The summed E-state index contributed by atoms with van der Waals surface area (Å²) in [5, 5.41) is 19.7. The molecule has 0 atom stereocenters. The number of carbonyl (C=O) groups is 2. The third-order valence-electron chi connectivity index (χ3n) is 6.47. The van der Waals surface area contributed by atoms with E-state index in [4.69, 9.17) is 0 Å². The number of nitro benzene ring substituents is 1. The second-order valence-corrected chi connectivity index (χ2v) is 10.3. The van der Waals surface area contributed by atoms with E-state index in [0.29, 0.717) is 51.2 Å². The molecule has 0 bridgehead atoms. The predicted molar refractivity (Wildman–Crippen MR) is 165 cm³/mol. The van der Waals surface area contributed by atoms with Crippen LogP contribution in [0, 0.1) is 10.1 Å². The summed E-state index contributed by atoms with van der Waals surface area (Å²) in [6.07, 6.45) is -4.40. The molecule has 5 rings (SSSR count). The van der Waals surface area contributed by atoms with Crippen molar-refractivity contribution in [3.8, 4) is 0 Å². The number of aryl methyl sites for hydroxylation is 1. The molecule has 0 aliphatic carbocycles. The number of amides is 1. The highest BCUT2D eigenvalue weighted by molar-refractivity contribution is 7.22. The fraction of sp³-hybridized carbons (Fsp3) is 0.241. The fourth-order valence-corrected chi connectivity index (χ4v) is 5.25. The predicted octanol–water partition coefficient (Wildman–Crippen LogP) is 6.60. The molecule has 45 heavy (non-hydrogen) atoms. The van der Waals surface area contributed by atoms with E-state index >= 15 is 0 Å². The molecule has 0 fully saturated rings. The van der Waals surface area contributed by atoms with Gasteiger partial charge in [-0.05, 0) is 62.4 Å². The molecule has 0 aliphatic heterocycles. The number of nitro groups is 1. The summed E-state index contributed by atoms with van der Waals surface area (Å²) in [7, 11) is 2.79. The Morgan fingerprint density at radius 2 is 1.76 bits per heavy atom. The lowest BCUT2D eigenvalue weighted by atomic mass is 10.1. The van der Waals surface area contributed by atoms with Crippen LogP contribution >= 0.6 is 11.3 Å². The summed E-state index contributed by atoms with van der Waals surface area (Å²) in [5.41, 5.74) is 2.15. The van der Waals surface area contributed by atoms with E-state index < -0.39 is 22.6 Å². The molecule has 0 spiro atoms. The molecule has 2 aromatic heterocycles. The number of benzene rings is 3. The summed E-state index contributed by atoms with van der Waals surface area (Å²) in [5.74, 6) is -0.295. The summed E-state index contributed by atoms with van der Waals surface area (Å²) in [6, 6.07) is 12.9. The molecule has 0 radical (unpaired) electrons. The van der Waals surface area contributed by atoms with Crippen molar-refractivity contribution in [2.24, 2.45) is 0 Å². The number of imidazole rings is 1. The van der Waals surface area contributed by atoms with Crippen molar-refractivity contribution in [1.82, 2.24) is 19.9 Å². The Labute approximate surface area is 258 Å². The van der Waals surface area contributed by atoms with Crippen molar-refractivity contribution >= 4 is 66.9 Å². The third kappa shape index (κ3) is 7.29. The van der Waals surface area contributed by atoms with Gasteiger partial charge in [0.15, 0.2) is 5.13 Å². The van der Waals surface area contributed by atoms with Gasteiger partial charge in [0.25, 0.3) is 11.6 Å². The molecule has 236 valence electrons. The first-order chi connectivity index (χ1) is 21.4. The normalized spacial score (nSPS) is 11.1. The number of esters is 1. The molecule has 3 aromatic carbocycles. The Morgan fingerprint density at radius 3 is 2.38 bits per heavy atom. The number of halogens is 3. The van der Waals surface area contributed by atoms with E-state index in [1.54, 1.807) is 19.2 Å². The highest BCUT2D eigenvalue weighted by atomic mass is 32.1. The Kier molecular flexibility index (Phi) is 9.86. The monoisotopic (exact) mass is 643 g/mol. The summed E-state index contributed by atoms with van der Waals surface area (Å²) in [4.78, 5) is 42.2. The Hall–Kier alpha value is -5.25. The molecular formula is C29H28F3N7O5S. The van der Waals surface area contributed by atoms with Crippen LogP contribution in [0.1, 0.15) is 40.1 Å². The lowest BCUT2D eigenvalue weighted by Crippen LogP contribution is -2.17. The lowest BCUT2D eigenvalue weighted by Gasteiger charge is -2.06. The van der Waals surface area contributed by atoms with Gasteiger partial charge in [0, 0.05) is 31.8 Å². The van der Waals surface area contributed by atoms with E-state index in [2.05, 4.69) is 30.7 Å². The molecule has 1 amide bonds. The average molecular weight is 644 g/mol. The van der Waals surface area contributed by atoms with E-state index in [-0.39, 0.29) is 17.2 Å². The number of hydrogen-bond donors (Lipinski definition) is 3. The maximum atomic E-state index is 12.9. The van der Waals surface area contributed by atoms with Gasteiger partial charge in [-0.1, -0.05) is 11.3 Å². The number of carbonyl (C=O) groups excluding carboxylic acids is 2. The van der Waals surface area contributed by atoms with Crippen LogP contribution in [0.4, 0.5) is 35.6 Å². The van der Waals surface area contributed by atoms with Crippen LogP contribution < -0.4 is 16.0 Å². The quantitative estimate of drug-likeness (QED) is 0.0964. The van der Waals surface area contributed by atoms with Gasteiger partial charge in [-0.15, -0.1) is 0 Å². The van der Waals surface area contributed by atoms with Gasteiger partial charge >= 0.3 is 12.1 Å². The minimum atomic E-state index is -4.40. The van der Waals surface area contributed by atoms with Gasteiger partial charge < -0.3 is 25.3 Å². The maximum absolute atomic E-state index is 12.9. The van der Waals surface area contributed by atoms with Crippen LogP contribution in [0.25, 0.3) is 21.3 Å². The summed E-state index contributed by atoms with van der Waals surface area (Å²) >= 11 is 1.12. The number of methoxy groups -OCH3 is 1. The van der Waals surface area contributed by atoms with Crippen molar-refractivity contribution in [2.45, 2.75) is 26.6 Å². The number of nitrogens with zero attached hydrogens (tertiary/aromatic N) is 4. The van der Waals surface area contributed by atoms with Crippen LogP contribution in [0.5, 0.6) is 0 Å². The molecular weight excluding hydrogens is 615 g/mol. The van der Waals surface area contributed by atoms with E-state index in [9.17, 15) is 32.9 Å². The van der Waals surface area contributed by atoms with E-state index in [1.807, 2.05) is 24.5 Å². The van der Waals surface area contributed by atoms with Gasteiger partial charge in [-0.25, -0.2) is 14.8 Å². The Bertz CT molecular complexity index is 1890. The number of fused-ring (bicyclic) bond motifs is 2. The highest BCUT2D eigenvalue weighted by Crippen LogP contribution is 2.35. The average Bonchev–Trinajstić information content (AvgIpc) is 3.59. The standard InChI is InChI=1S/C19H16F3N5OS.C10H12N2O4/c1-3-27-14-7-4-10(16(28)23-2)8-13(14)24-17(27)26-18-25-12-6-5-11(19(20,21)22)9-15(12)29-18;1-3-11-8-5-4-7(10(13)16-2)6-9(8)12(14)15/h4-9H,3H2,1-2H3,(H,23,28)(H,24,25,26);4-6,11H,3H2,1-2H3. The molecule has 5 aromatic rings. The number of anilines is 3. The summed E-state index contributed by atoms with van der Waals surface area (Å²) < 4.78 is 45.6. The fourth-order valence-electron chi connectivity index (χ4n) is 4.35. The van der Waals surface area contributed by atoms with Crippen LogP contribution in [0.3, 0.4) is 0 Å². The maximum Gasteiger partial charge on any atom is 0.416 e. The van der Waals surface area contributed by atoms with Crippen LogP contribution in [-0.4, -0.2) is 52.0 Å². The van der Waals surface area contributed by atoms with Crippen LogP contribution in [0.15, 0.2) is 54.6 Å². The van der Waals surface area contributed by atoms with E-state index in [1.165, 1.54) is 31.4 Å². The Morgan fingerprint density at radius 1 is 1.02 bits per heavy atom. The SMILES string of the molecule is CCNc1ccc(C(=O)OC)cc1[N+](=O)[O-].CCn1c(Nc2nc3ccc(C(F)(F)F)cc3s2)nc2cc(C(=O)NC)ccc21. The van der Waals surface area contributed by atoms with Gasteiger partial charge in [-0.2, -0.15) is 13.2 Å².